The third kappa shape index (κ3) is 4.21. The van der Waals surface area contributed by atoms with Gasteiger partial charge in [-0.2, -0.15) is 0 Å². The predicted octanol–water partition coefficient (Wildman–Crippen LogP) is 4.75. The SMILES string of the molecule is C=CCn1c(C)cc(C(=O)COC(=O)c2ccc3c(c2)C(=O)N(c2cc(C)ccc2C)C3=O)c1C. The van der Waals surface area contributed by atoms with Crippen LogP contribution in [0.2, 0.25) is 0 Å². The van der Waals surface area contributed by atoms with Gasteiger partial charge < -0.3 is 9.30 Å². The second kappa shape index (κ2) is 9.18. The zero-order valence-electron chi connectivity index (χ0n) is 20.2. The topological polar surface area (TPSA) is 85.7 Å². The molecule has 1 aliphatic rings. The number of benzene rings is 2. The number of aromatic nitrogens is 1. The molecule has 0 spiro atoms. The maximum absolute atomic E-state index is 13.1. The summed E-state index contributed by atoms with van der Waals surface area (Å²) in [5, 5.41) is 0. The Kier molecular flexibility index (Phi) is 6.26. The largest absolute Gasteiger partial charge is 0.454 e. The Morgan fingerprint density at radius 3 is 2.37 bits per heavy atom. The second-order valence-corrected chi connectivity index (χ2v) is 8.68. The van der Waals surface area contributed by atoms with E-state index >= 15 is 0 Å². The summed E-state index contributed by atoms with van der Waals surface area (Å²) in [6.45, 7) is 11.3. The summed E-state index contributed by atoms with van der Waals surface area (Å²) >= 11 is 0. The highest BCUT2D eigenvalue weighted by Crippen LogP contribution is 2.32. The van der Waals surface area contributed by atoms with E-state index in [4.69, 9.17) is 4.74 Å². The van der Waals surface area contributed by atoms with Crippen LogP contribution in [0.4, 0.5) is 5.69 Å². The highest BCUT2D eigenvalue weighted by atomic mass is 16.5. The van der Waals surface area contributed by atoms with E-state index in [1.807, 2.05) is 44.4 Å². The van der Waals surface area contributed by atoms with Crippen LogP contribution in [0.25, 0.3) is 0 Å². The lowest BCUT2D eigenvalue weighted by molar-refractivity contribution is 0.0474. The fourth-order valence-electron chi connectivity index (χ4n) is 4.33. The minimum Gasteiger partial charge on any atom is -0.454 e. The van der Waals surface area contributed by atoms with Crippen LogP contribution in [-0.4, -0.2) is 34.7 Å². The number of hydrogen-bond donors (Lipinski definition) is 0. The molecule has 0 fully saturated rings. The van der Waals surface area contributed by atoms with Crippen molar-refractivity contribution < 1.29 is 23.9 Å². The van der Waals surface area contributed by atoms with Crippen molar-refractivity contribution in [3.05, 3.63) is 99.9 Å². The molecular weight excluding hydrogens is 444 g/mol. The van der Waals surface area contributed by atoms with Crippen molar-refractivity contribution in [3.8, 4) is 0 Å². The quantitative estimate of drug-likeness (QED) is 0.215. The summed E-state index contributed by atoms with van der Waals surface area (Å²) in [6, 6.07) is 11.5. The lowest BCUT2D eigenvalue weighted by atomic mass is 10.1. The van der Waals surface area contributed by atoms with Gasteiger partial charge in [0, 0.05) is 23.5 Å². The van der Waals surface area contributed by atoms with E-state index in [1.165, 1.54) is 18.2 Å². The van der Waals surface area contributed by atoms with E-state index in [2.05, 4.69) is 6.58 Å². The number of carbonyl (C=O) groups is 4. The van der Waals surface area contributed by atoms with E-state index in [0.717, 1.165) is 27.4 Å². The van der Waals surface area contributed by atoms with E-state index in [-0.39, 0.29) is 22.5 Å². The molecule has 0 aliphatic carbocycles. The van der Waals surface area contributed by atoms with Gasteiger partial charge in [-0.25, -0.2) is 9.69 Å². The molecule has 0 bridgehead atoms. The van der Waals surface area contributed by atoms with Gasteiger partial charge in [0.25, 0.3) is 11.8 Å². The highest BCUT2D eigenvalue weighted by Gasteiger charge is 2.38. The number of nitrogens with zero attached hydrogens (tertiary/aromatic N) is 2. The molecule has 1 aliphatic heterocycles. The summed E-state index contributed by atoms with van der Waals surface area (Å²) in [5.74, 6) is -2.01. The third-order valence-corrected chi connectivity index (χ3v) is 6.25. The molecule has 7 heteroatoms. The lowest BCUT2D eigenvalue weighted by Crippen LogP contribution is -2.30. The van der Waals surface area contributed by atoms with Crippen molar-refractivity contribution in [3.63, 3.8) is 0 Å². The van der Waals surface area contributed by atoms with Crippen LogP contribution in [-0.2, 0) is 11.3 Å². The Labute approximate surface area is 203 Å². The molecule has 7 nitrogen and oxygen atoms in total. The van der Waals surface area contributed by atoms with Gasteiger partial charge in [0.05, 0.1) is 22.4 Å². The molecule has 1 aromatic heterocycles. The average molecular weight is 471 g/mol. The number of ketones is 1. The number of anilines is 1. The molecule has 0 unspecified atom stereocenters. The number of aryl methyl sites for hydroxylation is 3. The number of ether oxygens (including phenoxy) is 1. The molecule has 2 heterocycles. The first-order valence-corrected chi connectivity index (χ1v) is 11.2. The Hall–Kier alpha value is -4.26. The van der Waals surface area contributed by atoms with Gasteiger partial charge in [-0.05, 0) is 69.2 Å². The first kappa shape index (κ1) is 23.9. The van der Waals surface area contributed by atoms with Crippen molar-refractivity contribution in [2.45, 2.75) is 34.2 Å². The van der Waals surface area contributed by atoms with Crippen LogP contribution in [0.5, 0.6) is 0 Å². The number of rotatable bonds is 7. The van der Waals surface area contributed by atoms with Gasteiger partial charge in [-0.3, -0.25) is 14.4 Å². The van der Waals surface area contributed by atoms with Crippen LogP contribution in [0.15, 0.2) is 55.1 Å². The number of carbonyl (C=O) groups excluding carboxylic acids is 4. The summed E-state index contributed by atoms with van der Waals surface area (Å²) < 4.78 is 7.20. The van der Waals surface area contributed by atoms with E-state index in [0.29, 0.717) is 17.8 Å². The van der Waals surface area contributed by atoms with Gasteiger partial charge in [0.15, 0.2) is 6.61 Å². The number of esters is 1. The van der Waals surface area contributed by atoms with Gasteiger partial charge in [0.1, 0.15) is 0 Å². The number of fused-ring (bicyclic) bond motifs is 1. The van der Waals surface area contributed by atoms with Crippen LogP contribution >= 0.6 is 0 Å². The minimum atomic E-state index is -0.744. The van der Waals surface area contributed by atoms with Crippen molar-refractivity contribution in [2.75, 3.05) is 11.5 Å². The number of Topliss-reactive ketones (excluding diaryl/α,β-unsaturated/α-hetero) is 1. The molecule has 0 atom stereocenters. The van der Waals surface area contributed by atoms with E-state index in [9.17, 15) is 19.2 Å². The maximum Gasteiger partial charge on any atom is 0.338 e. The van der Waals surface area contributed by atoms with E-state index < -0.39 is 24.4 Å². The van der Waals surface area contributed by atoms with Crippen LogP contribution < -0.4 is 4.90 Å². The Balaban J connectivity index is 1.52. The Morgan fingerprint density at radius 2 is 1.66 bits per heavy atom. The molecule has 0 saturated heterocycles. The number of allylic oxidation sites excluding steroid dienone is 1. The molecule has 0 saturated carbocycles. The lowest BCUT2D eigenvalue weighted by Gasteiger charge is -2.17. The van der Waals surface area contributed by atoms with Gasteiger partial charge in [0.2, 0.25) is 5.78 Å². The zero-order valence-corrected chi connectivity index (χ0v) is 20.2. The Bertz CT molecular complexity index is 1410. The summed E-state index contributed by atoms with van der Waals surface area (Å²) in [7, 11) is 0. The fraction of sp³-hybridized carbons (Fsp3) is 0.214. The van der Waals surface area contributed by atoms with Crippen LogP contribution in [0.3, 0.4) is 0 Å². The smallest absolute Gasteiger partial charge is 0.338 e. The summed E-state index contributed by atoms with van der Waals surface area (Å²) in [6.07, 6.45) is 1.75. The summed E-state index contributed by atoms with van der Waals surface area (Å²) in [4.78, 5) is 52.6. The zero-order chi connectivity index (χ0) is 25.4. The Morgan fingerprint density at radius 1 is 0.943 bits per heavy atom. The van der Waals surface area contributed by atoms with Gasteiger partial charge in [-0.1, -0.05) is 18.2 Å². The monoisotopic (exact) mass is 470 g/mol. The molecule has 3 aromatic rings. The number of amides is 2. The first-order chi connectivity index (χ1) is 16.6. The molecule has 4 rings (SSSR count). The van der Waals surface area contributed by atoms with Crippen molar-refractivity contribution >= 4 is 29.3 Å². The minimum absolute atomic E-state index is 0.0950. The van der Waals surface area contributed by atoms with Crippen molar-refractivity contribution in [1.29, 1.82) is 0 Å². The molecule has 178 valence electrons. The fourth-order valence-corrected chi connectivity index (χ4v) is 4.33. The average Bonchev–Trinajstić information content (AvgIpc) is 3.26. The maximum atomic E-state index is 13.1. The molecular formula is C28H26N2O5. The molecule has 0 N–H and O–H groups in total. The first-order valence-electron chi connectivity index (χ1n) is 11.2. The second-order valence-electron chi connectivity index (χ2n) is 8.68. The molecule has 2 amide bonds. The van der Waals surface area contributed by atoms with E-state index in [1.54, 1.807) is 18.2 Å². The molecule has 2 aromatic carbocycles. The molecule has 35 heavy (non-hydrogen) atoms. The normalized spacial score (nSPS) is 12.6. The van der Waals surface area contributed by atoms with Gasteiger partial charge >= 0.3 is 5.97 Å². The van der Waals surface area contributed by atoms with Crippen molar-refractivity contribution in [1.82, 2.24) is 4.57 Å². The predicted molar refractivity (Wildman–Crippen MR) is 132 cm³/mol. The highest BCUT2D eigenvalue weighted by molar-refractivity contribution is 6.35. The van der Waals surface area contributed by atoms with Gasteiger partial charge in [-0.15, -0.1) is 6.58 Å². The van der Waals surface area contributed by atoms with Crippen LogP contribution in [0, 0.1) is 27.7 Å². The number of hydrogen-bond acceptors (Lipinski definition) is 5. The molecule has 0 radical (unpaired) electrons. The van der Waals surface area contributed by atoms with Crippen molar-refractivity contribution in [2.24, 2.45) is 0 Å². The van der Waals surface area contributed by atoms with Crippen LogP contribution in [0.1, 0.15) is 63.9 Å². The number of imide groups is 1. The third-order valence-electron chi connectivity index (χ3n) is 6.25. The summed E-state index contributed by atoms with van der Waals surface area (Å²) in [5.41, 5.74) is 4.83. The standard InChI is InChI=1S/C28H26N2O5/c1-6-11-29-18(4)13-22(19(29)5)25(31)15-35-28(34)20-9-10-21-23(14-20)27(33)30(26(21)32)24-12-16(2)7-8-17(24)3/h6-10,12-14H,1,11,15H2,2-5H3.